The molecule has 1 aromatic heterocycles. The van der Waals surface area contributed by atoms with E-state index in [1.54, 1.807) is 4.90 Å². The number of carbonyl (C=O) groups is 1. The second-order valence-electron chi connectivity index (χ2n) is 5.83. The van der Waals surface area contributed by atoms with E-state index in [9.17, 15) is 22.4 Å². The minimum atomic E-state index is -4.71. The second kappa shape index (κ2) is 6.99. The molecule has 10 heteroatoms. The third kappa shape index (κ3) is 3.61. The van der Waals surface area contributed by atoms with E-state index < -0.39 is 30.2 Å². The van der Waals surface area contributed by atoms with Gasteiger partial charge >= 0.3 is 6.18 Å². The number of fused-ring (bicyclic) bond motifs is 1. The van der Waals surface area contributed by atoms with Gasteiger partial charge in [-0.25, -0.2) is 9.37 Å². The van der Waals surface area contributed by atoms with Gasteiger partial charge in [0, 0.05) is 41.7 Å². The van der Waals surface area contributed by atoms with Gasteiger partial charge in [0.1, 0.15) is 17.8 Å². The molecule has 0 bridgehead atoms. The number of aliphatic hydroxyl groups is 1. The fraction of sp³-hybridized carbons (Fsp3) is 0.375. The Hall–Kier alpha value is -1.94. The van der Waals surface area contributed by atoms with Crippen LogP contribution in [0.2, 0.25) is 0 Å². The first-order valence-electron chi connectivity index (χ1n) is 7.71. The summed E-state index contributed by atoms with van der Waals surface area (Å²) in [7, 11) is 0. The number of halogens is 5. The summed E-state index contributed by atoms with van der Waals surface area (Å²) >= 11 is 3.15. The van der Waals surface area contributed by atoms with Crippen molar-refractivity contribution in [2.75, 3.05) is 37.7 Å². The fourth-order valence-corrected chi connectivity index (χ4v) is 3.37. The van der Waals surface area contributed by atoms with Crippen LogP contribution in [0.3, 0.4) is 0 Å². The zero-order valence-corrected chi connectivity index (χ0v) is 14.9. The fourth-order valence-electron chi connectivity index (χ4n) is 2.94. The number of nitrogens with zero attached hydrogens (tertiary/aromatic N) is 3. The molecule has 0 spiro atoms. The first kappa shape index (κ1) is 18.8. The summed E-state index contributed by atoms with van der Waals surface area (Å²) in [5, 5.41) is 9.17. The smallest absolute Gasteiger partial charge is 0.387 e. The molecule has 1 fully saturated rings. The predicted octanol–water partition coefficient (Wildman–Crippen LogP) is 2.80. The van der Waals surface area contributed by atoms with Gasteiger partial charge < -0.3 is 14.9 Å². The highest BCUT2D eigenvalue weighted by Gasteiger charge is 2.35. The molecule has 0 saturated carbocycles. The standard InChI is InChI=1S/C16H14BrF4N3O2/c17-9-5-10-12(23-1-3-24(4-2-23)14(26)8-25)7-13(16(19,20)21)22-15(10)11(18)6-9/h5-7,25H,1-4,8H2. The van der Waals surface area contributed by atoms with Gasteiger partial charge in [-0.3, -0.25) is 4.79 Å². The molecule has 0 aliphatic carbocycles. The highest BCUT2D eigenvalue weighted by Crippen LogP contribution is 2.37. The topological polar surface area (TPSA) is 56.7 Å². The molecule has 5 nitrogen and oxygen atoms in total. The molecule has 140 valence electrons. The summed E-state index contributed by atoms with van der Waals surface area (Å²) in [6, 6.07) is 3.49. The molecule has 2 aromatic rings. The molecular formula is C16H14BrF4N3O2. The van der Waals surface area contributed by atoms with Crippen molar-refractivity contribution in [2.45, 2.75) is 6.18 Å². The van der Waals surface area contributed by atoms with Crippen LogP contribution in [-0.4, -0.2) is 53.7 Å². The van der Waals surface area contributed by atoms with Crippen molar-refractivity contribution >= 4 is 38.4 Å². The molecule has 0 unspecified atom stereocenters. The van der Waals surface area contributed by atoms with Gasteiger partial charge in [0.2, 0.25) is 5.91 Å². The Morgan fingerprint density at radius 3 is 2.42 bits per heavy atom. The summed E-state index contributed by atoms with van der Waals surface area (Å²) in [5.41, 5.74) is -1.32. The summed E-state index contributed by atoms with van der Waals surface area (Å²) in [6.45, 7) is 0.406. The van der Waals surface area contributed by atoms with Crippen LogP contribution >= 0.6 is 15.9 Å². The van der Waals surface area contributed by atoms with Crippen LogP contribution in [0.1, 0.15) is 5.69 Å². The van der Waals surface area contributed by atoms with Crippen LogP contribution in [0.4, 0.5) is 23.2 Å². The van der Waals surface area contributed by atoms with Crippen LogP contribution < -0.4 is 4.90 Å². The third-order valence-electron chi connectivity index (χ3n) is 4.21. The van der Waals surface area contributed by atoms with Gasteiger partial charge in [-0.2, -0.15) is 13.2 Å². The maximum Gasteiger partial charge on any atom is 0.433 e. The lowest BCUT2D eigenvalue weighted by atomic mass is 10.1. The maximum atomic E-state index is 14.2. The van der Waals surface area contributed by atoms with E-state index in [0.717, 1.165) is 12.1 Å². The molecule has 26 heavy (non-hydrogen) atoms. The minimum Gasteiger partial charge on any atom is -0.387 e. The van der Waals surface area contributed by atoms with Crippen LogP contribution in [0, 0.1) is 5.82 Å². The van der Waals surface area contributed by atoms with E-state index in [0.29, 0.717) is 4.47 Å². The van der Waals surface area contributed by atoms with Crippen LogP contribution in [0.5, 0.6) is 0 Å². The predicted molar refractivity (Wildman–Crippen MR) is 90.3 cm³/mol. The van der Waals surface area contributed by atoms with Gasteiger partial charge in [0.05, 0.1) is 0 Å². The van der Waals surface area contributed by atoms with Crippen LogP contribution in [0.15, 0.2) is 22.7 Å². The average Bonchev–Trinajstić information content (AvgIpc) is 2.59. The van der Waals surface area contributed by atoms with E-state index in [-0.39, 0.29) is 42.8 Å². The zero-order valence-electron chi connectivity index (χ0n) is 13.4. The number of benzene rings is 1. The lowest BCUT2D eigenvalue weighted by Gasteiger charge is -2.36. The minimum absolute atomic E-state index is 0.207. The number of carbonyl (C=O) groups excluding carboxylic acids is 1. The van der Waals surface area contributed by atoms with Crippen molar-refractivity contribution in [3.8, 4) is 0 Å². The number of piperazine rings is 1. The Morgan fingerprint density at radius 2 is 1.85 bits per heavy atom. The van der Waals surface area contributed by atoms with Crippen LogP contribution in [0.25, 0.3) is 10.9 Å². The Kier molecular flexibility index (Phi) is 5.07. The van der Waals surface area contributed by atoms with Crippen molar-refractivity contribution in [1.82, 2.24) is 9.88 Å². The number of hydrogen-bond acceptors (Lipinski definition) is 4. The average molecular weight is 436 g/mol. The summed E-state index contributed by atoms with van der Waals surface area (Å²) in [5.74, 6) is -1.29. The Balaban J connectivity index is 2.05. The summed E-state index contributed by atoms with van der Waals surface area (Å²) in [6.07, 6.45) is -4.71. The number of rotatable bonds is 2. The number of pyridine rings is 1. The molecule has 1 saturated heterocycles. The summed E-state index contributed by atoms with van der Waals surface area (Å²) in [4.78, 5) is 18.1. The van der Waals surface area contributed by atoms with Crippen molar-refractivity contribution < 1.29 is 27.5 Å². The largest absolute Gasteiger partial charge is 0.433 e. The van der Waals surface area contributed by atoms with E-state index in [1.807, 2.05) is 0 Å². The first-order chi connectivity index (χ1) is 12.2. The highest BCUT2D eigenvalue weighted by molar-refractivity contribution is 9.10. The number of aliphatic hydroxyl groups excluding tert-OH is 1. The number of anilines is 1. The molecule has 0 atom stereocenters. The van der Waals surface area contributed by atoms with Gasteiger partial charge in [0.15, 0.2) is 5.82 Å². The van der Waals surface area contributed by atoms with E-state index in [2.05, 4.69) is 20.9 Å². The number of hydrogen-bond donors (Lipinski definition) is 1. The molecule has 2 heterocycles. The molecule has 1 N–H and O–H groups in total. The first-order valence-corrected chi connectivity index (χ1v) is 8.50. The number of aromatic nitrogens is 1. The van der Waals surface area contributed by atoms with E-state index in [4.69, 9.17) is 5.11 Å². The van der Waals surface area contributed by atoms with Gasteiger partial charge in [0.25, 0.3) is 0 Å². The quantitative estimate of drug-likeness (QED) is 0.736. The second-order valence-corrected chi connectivity index (χ2v) is 6.75. The molecule has 1 amide bonds. The normalized spacial score (nSPS) is 15.6. The number of alkyl halides is 3. The van der Waals surface area contributed by atoms with E-state index >= 15 is 0 Å². The molecule has 3 rings (SSSR count). The Morgan fingerprint density at radius 1 is 1.19 bits per heavy atom. The summed E-state index contributed by atoms with van der Waals surface area (Å²) < 4.78 is 54.2. The molecular weight excluding hydrogens is 422 g/mol. The Labute approximate surface area is 154 Å². The van der Waals surface area contributed by atoms with Crippen LogP contribution in [-0.2, 0) is 11.0 Å². The van der Waals surface area contributed by atoms with E-state index in [1.165, 1.54) is 11.0 Å². The maximum absolute atomic E-state index is 14.2. The molecule has 0 radical (unpaired) electrons. The lowest BCUT2D eigenvalue weighted by molar-refractivity contribution is -0.141. The third-order valence-corrected chi connectivity index (χ3v) is 4.67. The Bertz CT molecular complexity index is 851. The molecule has 1 aromatic carbocycles. The van der Waals surface area contributed by atoms with Gasteiger partial charge in [-0.05, 0) is 18.2 Å². The lowest BCUT2D eigenvalue weighted by Crippen LogP contribution is -2.49. The zero-order chi connectivity index (χ0) is 19.1. The van der Waals surface area contributed by atoms with Crippen molar-refractivity contribution in [1.29, 1.82) is 0 Å². The van der Waals surface area contributed by atoms with Gasteiger partial charge in [-0.1, -0.05) is 15.9 Å². The van der Waals surface area contributed by atoms with Crippen molar-refractivity contribution in [2.24, 2.45) is 0 Å². The SMILES string of the molecule is O=C(CO)N1CCN(c2cc(C(F)(F)F)nc3c(F)cc(Br)cc23)CC1. The number of amides is 1. The van der Waals surface area contributed by atoms with Crippen molar-refractivity contribution in [3.05, 3.63) is 34.2 Å². The molecule has 1 aliphatic rings. The monoisotopic (exact) mass is 435 g/mol. The highest BCUT2D eigenvalue weighted by atomic mass is 79.9. The van der Waals surface area contributed by atoms with Crippen molar-refractivity contribution in [3.63, 3.8) is 0 Å². The molecule has 1 aliphatic heterocycles. The van der Waals surface area contributed by atoms with Gasteiger partial charge in [-0.15, -0.1) is 0 Å².